The Morgan fingerprint density at radius 2 is 1.00 bits per heavy atom. The van der Waals surface area contributed by atoms with Gasteiger partial charge in [-0.1, -0.05) is 115 Å². The Labute approximate surface area is 342 Å². The van der Waals surface area contributed by atoms with Crippen molar-refractivity contribution in [3.8, 4) is 22.8 Å². The largest absolute Gasteiger partial charge is 0.779 e. The van der Waals surface area contributed by atoms with Crippen molar-refractivity contribution >= 4 is 48.9 Å². The van der Waals surface area contributed by atoms with Crippen LogP contribution < -0.4 is 20.5 Å². The van der Waals surface area contributed by atoms with Crippen LogP contribution >= 0.6 is 0 Å². The average Bonchev–Trinajstić information content (AvgIpc) is 3.83. The summed E-state index contributed by atoms with van der Waals surface area (Å²) in [6.07, 6.45) is 7.98. The number of hydrogen-bond acceptors (Lipinski definition) is 5. The van der Waals surface area contributed by atoms with Crippen molar-refractivity contribution in [3.05, 3.63) is 126 Å². The fourth-order valence-electron chi connectivity index (χ4n) is 8.46. The molecule has 0 spiro atoms. The van der Waals surface area contributed by atoms with Gasteiger partial charge in [0, 0.05) is 62.0 Å². The molecule has 2 aliphatic rings. The van der Waals surface area contributed by atoms with Gasteiger partial charge >= 0.3 is 14.0 Å². The van der Waals surface area contributed by atoms with Crippen molar-refractivity contribution < 1.29 is 20.1 Å². The Morgan fingerprint density at radius 1 is 0.574 bits per heavy atom. The molecule has 0 unspecified atom stereocenters. The van der Waals surface area contributed by atoms with Crippen LogP contribution in [-0.2, 0) is 32.7 Å². The molecule has 0 bridgehead atoms. The molecular weight excluding hydrogens is 858 g/mol. The molecule has 4 aromatic carbocycles. The van der Waals surface area contributed by atoms with Gasteiger partial charge in [0.05, 0.1) is 0 Å². The van der Waals surface area contributed by atoms with E-state index in [1.807, 2.05) is 30.6 Å². The summed E-state index contributed by atoms with van der Waals surface area (Å²) in [6, 6.07) is 29.3. The van der Waals surface area contributed by atoms with E-state index in [4.69, 9.17) is 12.6 Å². The summed E-state index contributed by atoms with van der Waals surface area (Å²) in [5.74, 6) is 3.79. The van der Waals surface area contributed by atoms with Crippen LogP contribution in [0, 0.1) is 6.07 Å². The molecule has 0 N–H and O–H groups in total. The van der Waals surface area contributed by atoms with Crippen LogP contribution in [-0.4, -0.2) is 47.0 Å². The normalized spacial score (nSPS) is 13.1. The molecule has 0 fully saturated rings. The van der Waals surface area contributed by atoms with E-state index in [1.54, 1.807) is 0 Å². The number of hydrogen-bond donors (Lipinski definition) is 0. The molecule has 0 aliphatic carbocycles. The number of benzene rings is 4. The number of aromatic nitrogens is 4. The van der Waals surface area contributed by atoms with Gasteiger partial charge in [-0.05, 0) is 77.0 Å². The molecule has 2 aliphatic heterocycles. The maximum Gasteiger partial charge on any atom is 0.417 e. The first kappa shape index (κ1) is 39.6. The van der Waals surface area contributed by atoms with Crippen LogP contribution in [0.5, 0.6) is 0 Å². The number of anilines is 2. The van der Waals surface area contributed by atoms with Crippen molar-refractivity contribution in [2.24, 2.45) is 0 Å². The maximum absolute atomic E-state index is 5.64. The summed E-state index contributed by atoms with van der Waals surface area (Å²) in [4.78, 5) is 14.9. The molecule has 1 radical (unpaired) electrons. The number of imidazole rings is 2. The first-order chi connectivity index (χ1) is 25.4. The monoisotopic (exact) mass is 909 g/mol. The van der Waals surface area contributed by atoms with E-state index in [0.29, 0.717) is 23.7 Å². The number of fused-ring (bicyclic) bond motifs is 6. The van der Waals surface area contributed by atoms with Crippen molar-refractivity contribution in [3.63, 3.8) is 0 Å². The quantitative estimate of drug-likeness (QED) is 0.0952. The molecule has 6 aromatic rings. The van der Waals surface area contributed by atoms with Crippen LogP contribution in [0.1, 0.15) is 101 Å². The van der Waals surface area contributed by atoms with Crippen LogP contribution in [0.25, 0.3) is 22.8 Å². The van der Waals surface area contributed by atoms with Crippen LogP contribution in [0.2, 0.25) is 0 Å². The molecule has 0 atom stereocenters. The SMILES string of the molecule is CC(C)c1cccc(C(C)C)c1B1N(C)c2ccc[c-]c2-c2nccn21.CC(C)c1cccc(C(C)C)c1B1N(C)c2cccc([S-])c2-c2nccn21.[Ir]. The molecular formula is C44H50B2IrN6S-2. The summed E-state index contributed by atoms with van der Waals surface area (Å²) >= 11 is 5.64. The zero-order valence-corrected chi connectivity index (χ0v) is 36.3. The second-order valence-electron chi connectivity index (χ2n) is 15.7. The van der Waals surface area contributed by atoms with Gasteiger partial charge < -0.3 is 31.2 Å². The Morgan fingerprint density at radius 3 is 1.50 bits per heavy atom. The third-order valence-corrected chi connectivity index (χ3v) is 11.3. The molecule has 2 aromatic heterocycles. The van der Waals surface area contributed by atoms with E-state index >= 15 is 0 Å². The van der Waals surface area contributed by atoms with Gasteiger partial charge in [-0.2, -0.15) is 4.90 Å². The van der Waals surface area contributed by atoms with E-state index in [9.17, 15) is 0 Å². The first-order valence-corrected chi connectivity index (χ1v) is 19.4. The molecule has 4 heterocycles. The van der Waals surface area contributed by atoms with E-state index in [2.05, 4.69) is 171 Å². The van der Waals surface area contributed by atoms with Gasteiger partial charge in [0.15, 0.2) is 0 Å². The summed E-state index contributed by atoms with van der Waals surface area (Å²) in [7, 11) is 4.35. The summed E-state index contributed by atoms with van der Waals surface area (Å²) in [6.45, 7) is 18.4. The van der Waals surface area contributed by atoms with Gasteiger partial charge in [-0.3, -0.25) is 4.98 Å². The molecule has 279 valence electrons. The van der Waals surface area contributed by atoms with Crippen LogP contribution in [0.15, 0.2) is 102 Å². The second kappa shape index (κ2) is 15.9. The Hall–Kier alpha value is -4.10. The van der Waals surface area contributed by atoms with Gasteiger partial charge in [0.25, 0.3) is 0 Å². The Balaban J connectivity index is 0.000000181. The molecule has 6 nitrogen and oxygen atoms in total. The summed E-state index contributed by atoms with van der Waals surface area (Å²) < 4.78 is 4.58. The van der Waals surface area contributed by atoms with Crippen molar-refractivity contribution in [2.75, 3.05) is 23.7 Å². The minimum absolute atomic E-state index is 0. The summed E-state index contributed by atoms with van der Waals surface area (Å²) in [5, 5.41) is 0. The Bertz CT molecular complexity index is 2210. The zero-order chi connectivity index (χ0) is 37.7. The predicted molar refractivity (Wildman–Crippen MR) is 227 cm³/mol. The van der Waals surface area contributed by atoms with E-state index in [1.165, 1.54) is 38.9 Å². The van der Waals surface area contributed by atoms with Gasteiger partial charge in [0.2, 0.25) is 0 Å². The second-order valence-corrected chi connectivity index (χ2v) is 16.1. The third-order valence-electron chi connectivity index (χ3n) is 11.0. The van der Waals surface area contributed by atoms with E-state index in [-0.39, 0.29) is 34.1 Å². The fraction of sp³-hybridized carbons (Fsp3) is 0.318. The molecule has 0 saturated heterocycles. The molecule has 0 saturated carbocycles. The van der Waals surface area contributed by atoms with Gasteiger partial charge in [-0.25, -0.2) is 4.98 Å². The minimum atomic E-state index is 0. The average molecular weight is 909 g/mol. The van der Waals surface area contributed by atoms with Crippen molar-refractivity contribution in [1.29, 1.82) is 0 Å². The van der Waals surface area contributed by atoms with Crippen molar-refractivity contribution in [2.45, 2.75) is 84.0 Å². The van der Waals surface area contributed by atoms with Crippen LogP contribution in [0.3, 0.4) is 0 Å². The van der Waals surface area contributed by atoms with Crippen LogP contribution in [0.4, 0.5) is 11.4 Å². The summed E-state index contributed by atoms with van der Waals surface area (Å²) in [5.41, 5.74) is 12.9. The molecule has 0 amide bonds. The molecule has 10 heteroatoms. The van der Waals surface area contributed by atoms with E-state index < -0.39 is 0 Å². The first-order valence-electron chi connectivity index (χ1n) is 19.0. The predicted octanol–water partition coefficient (Wildman–Crippen LogP) is 8.68. The molecule has 54 heavy (non-hydrogen) atoms. The number of rotatable bonds is 6. The maximum atomic E-state index is 5.64. The van der Waals surface area contributed by atoms with Gasteiger partial charge in [-0.15, -0.1) is 24.3 Å². The van der Waals surface area contributed by atoms with Crippen molar-refractivity contribution in [1.82, 2.24) is 18.9 Å². The minimum Gasteiger partial charge on any atom is -0.779 e. The van der Waals surface area contributed by atoms with E-state index in [0.717, 1.165) is 33.4 Å². The zero-order valence-electron chi connectivity index (χ0n) is 33.1. The standard InChI is InChI=1S/C22H26BN3S.C22H25BN3.Ir/c1-14(2)16-8-6-9-17(15(3)4)21(16)23-25(5)18-10-7-11-19(27)20(18)22-24-12-13-26(22)23;1-15(2)17-10-8-11-18(16(3)4)21(17)23-25(5)20-12-7-6-9-19(20)22-24-13-14-26(22)23;/h6-15,27H,1-5H3;6-8,10-16H,1-5H3;/q;-1;/p-1. The topological polar surface area (TPSA) is 42.1 Å². The van der Waals surface area contributed by atoms with Gasteiger partial charge in [0.1, 0.15) is 5.82 Å². The molecule has 8 rings (SSSR count). The smallest absolute Gasteiger partial charge is 0.417 e. The fourth-order valence-corrected chi connectivity index (χ4v) is 8.74. The number of nitrogens with zero attached hydrogens (tertiary/aromatic N) is 6. The third kappa shape index (κ3) is 6.75. The Kier molecular flexibility index (Phi) is 11.7.